The van der Waals surface area contributed by atoms with E-state index in [1.54, 1.807) is 64.2 Å². The lowest BCUT2D eigenvalue weighted by Crippen LogP contribution is -2.38. The highest BCUT2D eigenvalue weighted by Crippen LogP contribution is 2.52. The summed E-state index contributed by atoms with van der Waals surface area (Å²) in [5.74, 6) is 3.42. The average molecular weight is 232 g/mol. The van der Waals surface area contributed by atoms with Gasteiger partial charge >= 0.3 is 0 Å². The molecule has 3 fully saturated rings. The maximum absolute atomic E-state index is 1.58. The van der Waals surface area contributed by atoms with Crippen LogP contribution in [-0.4, -0.2) is 6.71 Å². The summed E-state index contributed by atoms with van der Waals surface area (Å²) in [5, 5.41) is 0. The van der Waals surface area contributed by atoms with Gasteiger partial charge in [0.15, 0.2) is 0 Å². The molecule has 3 aliphatic rings. The first-order chi connectivity index (χ1) is 8.45. The van der Waals surface area contributed by atoms with Crippen LogP contribution in [-0.2, 0) is 0 Å². The van der Waals surface area contributed by atoms with Crippen molar-refractivity contribution < 1.29 is 0 Å². The number of fused-ring (bicyclic) bond motifs is 2. The molecule has 1 saturated carbocycles. The highest BCUT2D eigenvalue weighted by atomic mass is 14.3. The highest BCUT2D eigenvalue weighted by molar-refractivity contribution is 6.64. The van der Waals surface area contributed by atoms with Crippen LogP contribution in [0.25, 0.3) is 0 Å². The quantitative estimate of drug-likeness (QED) is 0.508. The molecular formula is C16H29B. The summed E-state index contributed by atoms with van der Waals surface area (Å²) in [6.07, 6.45) is 20.2. The monoisotopic (exact) mass is 232 g/mol. The summed E-state index contributed by atoms with van der Waals surface area (Å²) < 4.78 is 0. The third kappa shape index (κ3) is 2.74. The number of hydrogen-bond donors (Lipinski definition) is 0. The zero-order valence-corrected chi connectivity index (χ0v) is 11.5. The van der Waals surface area contributed by atoms with Crippen LogP contribution in [0.2, 0.25) is 17.5 Å². The molecule has 0 unspecified atom stereocenters. The van der Waals surface area contributed by atoms with E-state index in [-0.39, 0.29) is 0 Å². The van der Waals surface area contributed by atoms with Gasteiger partial charge in [0, 0.05) is 0 Å². The Morgan fingerprint density at radius 2 is 0.765 bits per heavy atom. The lowest BCUT2D eigenvalue weighted by Gasteiger charge is -2.45. The predicted octanol–water partition coefficient (Wildman–Crippen LogP) is 5.70. The third-order valence-electron chi connectivity index (χ3n) is 6.08. The average Bonchev–Trinajstić information content (AvgIpc) is 2.27. The Bertz CT molecular complexity index is 208. The van der Waals surface area contributed by atoms with E-state index in [1.165, 1.54) is 19.3 Å². The maximum atomic E-state index is 1.58. The molecule has 0 atom stereocenters. The fraction of sp³-hybridized carbons (Fsp3) is 1.00. The molecule has 3 rings (SSSR count). The van der Waals surface area contributed by atoms with Gasteiger partial charge < -0.3 is 0 Å². The fourth-order valence-electron chi connectivity index (χ4n) is 5.37. The van der Waals surface area contributed by atoms with Crippen molar-refractivity contribution in [3.8, 4) is 0 Å². The Labute approximate surface area is 108 Å². The van der Waals surface area contributed by atoms with Crippen molar-refractivity contribution in [2.45, 2.75) is 101 Å². The Kier molecular flexibility index (Phi) is 4.14. The second kappa shape index (κ2) is 5.80. The maximum Gasteiger partial charge on any atom is 0.149 e. The molecule has 2 bridgehead atoms. The second-order valence-electron chi connectivity index (χ2n) is 7.06. The van der Waals surface area contributed by atoms with Crippen LogP contribution in [0.15, 0.2) is 0 Å². The Morgan fingerprint density at radius 3 is 1.24 bits per heavy atom. The minimum absolute atomic E-state index is 1.13. The Morgan fingerprint density at radius 1 is 0.412 bits per heavy atom. The van der Waals surface area contributed by atoms with Crippen LogP contribution in [0.5, 0.6) is 0 Å². The van der Waals surface area contributed by atoms with Crippen molar-refractivity contribution in [3.63, 3.8) is 0 Å². The molecule has 0 amide bonds. The standard InChI is InChI=1S/C16H29B/c1-2-4-8-14(9-5-3-1)17-15-10-6-11-16(17)13-7-12-15/h14-16H,1-13H2. The van der Waals surface area contributed by atoms with Crippen molar-refractivity contribution in [2.24, 2.45) is 0 Å². The molecule has 0 radical (unpaired) electrons. The van der Waals surface area contributed by atoms with Crippen LogP contribution in [0, 0.1) is 0 Å². The topological polar surface area (TPSA) is 0 Å². The van der Waals surface area contributed by atoms with Crippen molar-refractivity contribution in [1.29, 1.82) is 0 Å². The van der Waals surface area contributed by atoms with Gasteiger partial charge in [-0.05, 0) is 0 Å². The van der Waals surface area contributed by atoms with Gasteiger partial charge in [-0.3, -0.25) is 0 Å². The summed E-state index contributed by atoms with van der Waals surface area (Å²) in [6.45, 7) is 1.16. The lowest BCUT2D eigenvalue weighted by atomic mass is 9.21. The first kappa shape index (κ1) is 12.1. The zero-order chi connectivity index (χ0) is 11.5. The highest BCUT2D eigenvalue weighted by Gasteiger charge is 2.42. The van der Waals surface area contributed by atoms with E-state index >= 15 is 0 Å². The van der Waals surface area contributed by atoms with E-state index in [0.717, 1.165) is 24.2 Å². The van der Waals surface area contributed by atoms with E-state index in [1.807, 2.05) is 0 Å². The van der Waals surface area contributed by atoms with Crippen molar-refractivity contribution >= 4 is 6.71 Å². The SMILES string of the molecule is C1CCCC(B2C3CCCC2CCC3)CCC1. The predicted molar refractivity (Wildman–Crippen MR) is 77.0 cm³/mol. The molecule has 2 heterocycles. The first-order valence-corrected chi connectivity index (χ1v) is 8.45. The molecule has 2 saturated heterocycles. The van der Waals surface area contributed by atoms with Gasteiger partial charge in [-0.25, -0.2) is 0 Å². The molecule has 0 aromatic carbocycles. The van der Waals surface area contributed by atoms with E-state index in [2.05, 4.69) is 0 Å². The summed E-state index contributed by atoms with van der Waals surface area (Å²) >= 11 is 0. The van der Waals surface area contributed by atoms with E-state index in [9.17, 15) is 0 Å². The minimum Gasteiger partial charge on any atom is -0.0617 e. The molecule has 2 aliphatic heterocycles. The van der Waals surface area contributed by atoms with Crippen LogP contribution in [0.3, 0.4) is 0 Å². The zero-order valence-electron chi connectivity index (χ0n) is 11.5. The van der Waals surface area contributed by atoms with Gasteiger partial charge in [-0.2, -0.15) is 0 Å². The molecule has 0 aromatic heterocycles. The van der Waals surface area contributed by atoms with E-state index < -0.39 is 0 Å². The molecule has 0 N–H and O–H groups in total. The summed E-state index contributed by atoms with van der Waals surface area (Å²) in [5.41, 5.74) is 0. The van der Waals surface area contributed by atoms with Gasteiger partial charge in [0.05, 0.1) is 0 Å². The molecule has 1 heteroatoms. The van der Waals surface area contributed by atoms with Gasteiger partial charge in [-0.1, -0.05) is 101 Å². The molecule has 17 heavy (non-hydrogen) atoms. The Balaban J connectivity index is 1.67. The summed E-state index contributed by atoms with van der Waals surface area (Å²) in [6, 6.07) is 0. The van der Waals surface area contributed by atoms with Gasteiger partial charge in [-0.15, -0.1) is 0 Å². The first-order valence-electron chi connectivity index (χ1n) is 8.45. The van der Waals surface area contributed by atoms with Crippen molar-refractivity contribution in [3.05, 3.63) is 0 Å². The molecule has 0 spiro atoms. The Hall–Kier alpha value is 0.0649. The molecule has 1 aliphatic carbocycles. The van der Waals surface area contributed by atoms with Crippen molar-refractivity contribution in [1.82, 2.24) is 0 Å². The molecule has 0 nitrogen and oxygen atoms in total. The van der Waals surface area contributed by atoms with Crippen LogP contribution >= 0.6 is 0 Å². The smallest absolute Gasteiger partial charge is 0.0617 e. The third-order valence-corrected chi connectivity index (χ3v) is 6.08. The van der Waals surface area contributed by atoms with Crippen LogP contribution < -0.4 is 0 Å². The number of hydrogen-bond acceptors (Lipinski definition) is 0. The molecule has 96 valence electrons. The fourth-order valence-corrected chi connectivity index (χ4v) is 5.37. The van der Waals surface area contributed by atoms with E-state index in [4.69, 9.17) is 0 Å². The van der Waals surface area contributed by atoms with Gasteiger partial charge in [0.2, 0.25) is 0 Å². The normalized spacial score (nSPS) is 36.4. The van der Waals surface area contributed by atoms with Gasteiger partial charge in [0.25, 0.3) is 0 Å². The van der Waals surface area contributed by atoms with E-state index in [0.29, 0.717) is 0 Å². The van der Waals surface area contributed by atoms with Gasteiger partial charge in [0.1, 0.15) is 6.71 Å². The molecule has 0 aromatic rings. The van der Waals surface area contributed by atoms with Crippen LogP contribution in [0.4, 0.5) is 0 Å². The number of rotatable bonds is 1. The summed E-state index contributed by atoms with van der Waals surface area (Å²) in [4.78, 5) is 0. The molecular weight excluding hydrogens is 203 g/mol. The summed E-state index contributed by atoms with van der Waals surface area (Å²) in [7, 11) is 0. The minimum atomic E-state index is 1.13. The lowest BCUT2D eigenvalue weighted by molar-refractivity contribution is 0.415. The van der Waals surface area contributed by atoms with Crippen LogP contribution in [0.1, 0.15) is 83.5 Å². The second-order valence-corrected chi connectivity index (χ2v) is 7.06. The van der Waals surface area contributed by atoms with Crippen molar-refractivity contribution in [2.75, 3.05) is 0 Å². The largest absolute Gasteiger partial charge is 0.149 e.